The highest BCUT2D eigenvalue weighted by Crippen LogP contribution is 2.36. The van der Waals surface area contributed by atoms with Crippen molar-refractivity contribution in [2.45, 2.75) is 46.1 Å². The van der Waals surface area contributed by atoms with Crippen LogP contribution in [0.2, 0.25) is 0 Å². The Kier molecular flexibility index (Phi) is 8.29. The van der Waals surface area contributed by atoms with E-state index in [1.807, 2.05) is 37.3 Å². The van der Waals surface area contributed by atoms with Crippen LogP contribution in [0, 0.1) is 0 Å². The summed E-state index contributed by atoms with van der Waals surface area (Å²) in [5.74, 6) is 1.49. The fourth-order valence-electron chi connectivity index (χ4n) is 2.65. The van der Waals surface area contributed by atoms with Gasteiger partial charge in [-0.3, -0.25) is 4.79 Å². The van der Waals surface area contributed by atoms with Crippen molar-refractivity contribution in [2.24, 2.45) is 5.10 Å². The molecule has 0 saturated heterocycles. The van der Waals surface area contributed by atoms with Crippen molar-refractivity contribution in [3.8, 4) is 17.2 Å². The van der Waals surface area contributed by atoms with Crippen molar-refractivity contribution in [1.82, 2.24) is 5.43 Å². The summed E-state index contributed by atoms with van der Waals surface area (Å²) < 4.78 is 17.4. The zero-order valence-electron chi connectivity index (χ0n) is 18.3. The molecule has 0 radical (unpaired) electrons. The number of nitrogens with zero attached hydrogens (tertiary/aromatic N) is 1. The first-order valence-corrected chi connectivity index (χ1v) is 10.6. The molecule has 0 saturated carbocycles. The molecule has 1 N–H and O–H groups in total. The van der Waals surface area contributed by atoms with Gasteiger partial charge in [0.25, 0.3) is 5.91 Å². The minimum Gasteiger partial charge on any atom is -0.493 e. The molecular formula is C23H29BrN2O4. The number of carbonyl (C=O) groups is 1. The Hall–Kier alpha value is -2.54. The van der Waals surface area contributed by atoms with Crippen LogP contribution >= 0.6 is 15.9 Å². The molecule has 30 heavy (non-hydrogen) atoms. The molecule has 7 heteroatoms. The van der Waals surface area contributed by atoms with Gasteiger partial charge in [-0.2, -0.15) is 5.10 Å². The number of hydrogen-bond acceptors (Lipinski definition) is 5. The van der Waals surface area contributed by atoms with Gasteiger partial charge in [-0.05, 0) is 70.6 Å². The number of halogens is 1. The first-order valence-electron chi connectivity index (χ1n) is 9.76. The largest absolute Gasteiger partial charge is 0.493 e. The lowest BCUT2D eigenvalue weighted by molar-refractivity contribution is -0.127. The summed E-state index contributed by atoms with van der Waals surface area (Å²) in [5, 5.41) is 4.02. The number of rotatable bonds is 8. The predicted octanol–water partition coefficient (Wildman–Crippen LogP) is 5.07. The zero-order chi connectivity index (χ0) is 22.3. The molecule has 1 amide bonds. The monoisotopic (exact) mass is 476 g/mol. The van der Waals surface area contributed by atoms with Crippen LogP contribution in [-0.4, -0.2) is 31.9 Å². The van der Waals surface area contributed by atoms with E-state index in [1.165, 1.54) is 11.8 Å². The number of carbonyl (C=O) groups excluding carboxylic acids is 1. The van der Waals surface area contributed by atoms with Gasteiger partial charge in [0.15, 0.2) is 17.6 Å². The molecular weight excluding hydrogens is 448 g/mol. The molecule has 0 heterocycles. The van der Waals surface area contributed by atoms with Crippen LogP contribution in [-0.2, 0) is 10.2 Å². The molecule has 2 rings (SSSR count). The lowest BCUT2D eigenvalue weighted by atomic mass is 9.87. The number of hydrogen-bond donors (Lipinski definition) is 1. The highest BCUT2D eigenvalue weighted by atomic mass is 79.9. The van der Waals surface area contributed by atoms with E-state index in [-0.39, 0.29) is 11.3 Å². The highest BCUT2D eigenvalue weighted by molar-refractivity contribution is 9.10. The van der Waals surface area contributed by atoms with Gasteiger partial charge < -0.3 is 14.2 Å². The summed E-state index contributed by atoms with van der Waals surface area (Å²) in [7, 11) is 1.57. The van der Waals surface area contributed by atoms with Crippen molar-refractivity contribution >= 4 is 28.1 Å². The average molecular weight is 477 g/mol. The quantitative estimate of drug-likeness (QED) is 0.426. The highest BCUT2D eigenvalue weighted by Gasteiger charge is 2.16. The fraction of sp³-hybridized carbons (Fsp3) is 0.391. The number of nitrogens with one attached hydrogen (secondary N) is 1. The minimum atomic E-state index is -0.691. The molecule has 1 atom stereocenters. The number of benzene rings is 2. The number of methoxy groups -OCH3 is 1. The Balaban J connectivity index is 1.97. The van der Waals surface area contributed by atoms with E-state index in [0.29, 0.717) is 23.9 Å². The van der Waals surface area contributed by atoms with Gasteiger partial charge in [-0.1, -0.05) is 32.9 Å². The van der Waals surface area contributed by atoms with Gasteiger partial charge in [-0.15, -0.1) is 0 Å². The number of ether oxygens (including phenoxy) is 3. The van der Waals surface area contributed by atoms with E-state index in [9.17, 15) is 4.79 Å². The summed E-state index contributed by atoms with van der Waals surface area (Å²) in [4.78, 5) is 12.3. The lowest BCUT2D eigenvalue weighted by Gasteiger charge is -2.20. The van der Waals surface area contributed by atoms with E-state index in [4.69, 9.17) is 14.2 Å². The number of amides is 1. The predicted molar refractivity (Wildman–Crippen MR) is 123 cm³/mol. The molecule has 2 aromatic rings. The van der Waals surface area contributed by atoms with Crippen molar-refractivity contribution < 1.29 is 19.0 Å². The molecule has 6 nitrogen and oxygen atoms in total. The second-order valence-corrected chi connectivity index (χ2v) is 8.59. The second kappa shape index (κ2) is 10.5. The van der Waals surface area contributed by atoms with Crippen molar-refractivity contribution in [1.29, 1.82) is 0 Å². The Morgan fingerprint density at radius 3 is 2.47 bits per heavy atom. The molecule has 1 unspecified atom stereocenters. The summed E-state index contributed by atoms with van der Waals surface area (Å²) in [6.07, 6.45) is 0.843. The maximum absolute atomic E-state index is 12.3. The van der Waals surface area contributed by atoms with E-state index in [0.717, 1.165) is 10.0 Å². The summed E-state index contributed by atoms with van der Waals surface area (Å²) in [6.45, 7) is 10.5. The molecule has 0 aromatic heterocycles. The Morgan fingerprint density at radius 2 is 1.90 bits per heavy atom. The van der Waals surface area contributed by atoms with E-state index >= 15 is 0 Å². The third kappa shape index (κ3) is 6.49. The molecule has 0 fully saturated rings. The van der Waals surface area contributed by atoms with Gasteiger partial charge in [0.1, 0.15) is 5.75 Å². The van der Waals surface area contributed by atoms with E-state index in [1.54, 1.807) is 20.1 Å². The van der Waals surface area contributed by atoms with Crippen LogP contribution < -0.4 is 19.6 Å². The molecule has 0 aliphatic heterocycles. The number of hydrazone groups is 1. The van der Waals surface area contributed by atoms with Gasteiger partial charge in [0.2, 0.25) is 0 Å². The van der Waals surface area contributed by atoms with Crippen LogP contribution in [0.15, 0.2) is 46.0 Å². The van der Waals surface area contributed by atoms with Gasteiger partial charge in [0, 0.05) is 0 Å². The average Bonchev–Trinajstić information content (AvgIpc) is 2.69. The summed E-state index contributed by atoms with van der Waals surface area (Å²) >= 11 is 3.46. The van der Waals surface area contributed by atoms with Gasteiger partial charge >= 0.3 is 0 Å². The normalized spacial score (nSPS) is 12.5. The first-order chi connectivity index (χ1) is 14.2. The van der Waals surface area contributed by atoms with Crippen LogP contribution in [0.25, 0.3) is 0 Å². The Labute approximate surface area is 186 Å². The molecule has 0 bridgehead atoms. The lowest BCUT2D eigenvalue weighted by Crippen LogP contribution is -2.33. The van der Waals surface area contributed by atoms with Crippen molar-refractivity contribution in [3.63, 3.8) is 0 Å². The molecule has 0 aliphatic rings. The molecule has 0 aliphatic carbocycles. The Bertz CT molecular complexity index is 889. The van der Waals surface area contributed by atoms with E-state index < -0.39 is 6.10 Å². The first kappa shape index (κ1) is 23.7. The topological polar surface area (TPSA) is 69.2 Å². The zero-order valence-corrected chi connectivity index (χ0v) is 19.9. The maximum atomic E-state index is 12.3. The standard InChI is InChI=1S/C23H29BrN2O4/c1-7-29-21-19(24)12-16(13-20(21)28-6)14-25-26-22(27)15(2)30-18-10-8-17(9-11-18)23(3,4)5/h8-15H,7H2,1-6H3,(H,26,27)/b25-14+. The molecule has 2 aromatic carbocycles. The third-order valence-electron chi connectivity index (χ3n) is 4.33. The third-order valence-corrected chi connectivity index (χ3v) is 4.92. The van der Waals surface area contributed by atoms with Crippen LogP contribution in [0.4, 0.5) is 0 Å². The van der Waals surface area contributed by atoms with Crippen LogP contribution in [0.1, 0.15) is 45.7 Å². The SMILES string of the molecule is CCOc1c(Br)cc(/C=N/NC(=O)C(C)Oc2ccc(C(C)(C)C)cc2)cc1OC. The van der Waals surface area contributed by atoms with Gasteiger partial charge in [-0.25, -0.2) is 5.43 Å². The van der Waals surface area contributed by atoms with Gasteiger partial charge in [0.05, 0.1) is 24.4 Å². The Morgan fingerprint density at radius 1 is 1.23 bits per heavy atom. The second-order valence-electron chi connectivity index (χ2n) is 7.74. The fourth-order valence-corrected chi connectivity index (χ4v) is 3.23. The van der Waals surface area contributed by atoms with Crippen LogP contribution in [0.5, 0.6) is 17.2 Å². The molecule has 0 spiro atoms. The smallest absolute Gasteiger partial charge is 0.280 e. The summed E-state index contributed by atoms with van der Waals surface area (Å²) in [6, 6.07) is 11.4. The minimum absolute atomic E-state index is 0.0643. The summed E-state index contributed by atoms with van der Waals surface area (Å²) in [5.41, 5.74) is 4.51. The van der Waals surface area contributed by atoms with Crippen molar-refractivity contribution in [2.75, 3.05) is 13.7 Å². The van der Waals surface area contributed by atoms with Crippen LogP contribution in [0.3, 0.4) is 0 Å². The maximum Gasteiger partial charge on any atom is 0.280 e. The molecule has 162 valence electrons. The van der Waals surface area contributed by atoms with Crippen molar-refractivity contribution in [3.05, 3.63) is 52.0 Å². The van der Waals surface area contributed by atoms with E-state index in [2.05, 4.69) is 47.2 Å².